The lowest BCUT2D eigenvalue weighted by atomic mass is 10.1. The topological polar surface area (TPSA) is 58.1 Å². The van der Waals surface area contributed by atoms with Crippen LogP contribution in [0, 0.1) is 6.92 Å². The molecule has 102 valence electrons. The molecule has 2 heterocycles. The summed E-state index contributed by atoms with van der Waals surface area (Å²) in [7, 11) is 0. The molecule has 1 saturated carbocycles. The number of hydrogen-bond acceptors (Lipinski definition) is 4. The third kappa shape index (κ3) is 2.85. The third-order valence-electron chi connectivity index (χ3n) is 3.76. The minimum Gasteiger partial charge on any atom is -0.349 e. The lowest BCUT2D eigenvalue weighted by Crippen LogP contribution is -2.32. The van der Waals surface area contributed by atoms with Crippen molar-refractivity contribution < 1.29 is 4.79 Å². The van der Waals surface area contributed by atoms with E-state index < -0.39 is 0 Å². The molecule has 1 aliphatic heterocycles. The molecule has 5 heteroatoms. The molecule has 0 unspecified atom stereocenters. The Morgan fingerprint density at radius 1 is 1.32 bits per heavy atom. The largest absolute Gasteiger partial charge is 0.349 e. The smallest absolute Gasteiger partial charge is 0.254 e. The highest BCUT2D eigenvalue weighted by atomic mass is 16.1. The van der Waals surface area contributed by atoms with Crippen molar-refractivity contribution in [2.45, 2.75) is 45.1 Å². The number of nitrogens with zero attached hydrogens (tertiary/aromatic N) is 3. The summed E-state index contributed by atoms with van der Waals surface area (Å²) < 4.78 is 0. The molecular weight excluding hydrogens is 240 g/mol. The fourth-order valence-corrected chi connectivity index (χ4v) is 2.41. The first-order chi connectivity index (χ1) is 9.24. The highest BCUT2D eigenvalue weighted by molar-refractivity contribution is 5.95. The van der Waals surface area contributed by atoms with Gasteiger partial charge in [0, 0.05) is 25.3 Å². The van der Waals surface area contributed by atoms with Crippen LogP contribution >= 0.6 is 0 Å². The van der Waals surface area contributed by atoms with E-state index in [1.54, 1.807) is 6.20 Å². The van der Waals surface area contributed by atoms with Crippen LogP contribution in [-0.4, -0.2) is 35.0 Å². The lowest BCUT2D eigenvalue weighted by molar-refractivity contribution is 0.0949. The number of carbonyl (C=O) groups is 1. The molecule has 1 amide bonds. The second kappa shape index (κ2) is 5.15. The van der Waals surface area contributed by atoms with Crippen LogP contribution in [0.4, 0.5) is 5.95 Å². The lowest BCUT2D eigenvalue weighted by Gasteiger charge is -2.26. The van der Waals surface area contributed by atoms with Gasteiger partial charge < -0.3 is 10.2 Å². The third-order valence-corrected chi connectivity index (χ3v) is 3.76. The minimum atomic E-state index is -0.0369. The summed E-state index contributed by atoms with van der Waals surface area (Å²) in [5.74, 6) is 0.727. The fraction of sp³-hybridized carbons (Fsp3) is 0.643. The van der Waals surface area contributed by atoms with Gasteiger partial charge in [-0.05, 0) is 39.0 Å². The number of aryl methyl sites for hydroxylation is 1. The van der Waals surface area contributed by atoms with Crippen LogP contribution in [0.2, 0.25) is 0 Å². The summed E-state index contributed by atoms with van der Waals surface area (Å²) in [6.07, 6.45) is 7.55. The summed E-state index contributed by atoms with van der Waals surface area (Å²) in [5.41, 5.74) is 1.38. The maximum Gasteiger partial charge on any atom is 0.254 e. The van der Waals surface area contributed by atoms with Crippen LogP contribution in [0.1, 0.15) is 48.2 Å². The summed E-state index contributed by atoms with van der Waals surface area (Å²) in [5, 5.41) is 2.98. The van der Waals surface area contributed by atoms with Crippen molar-refractivity contribution in [1.29, 1.82) is 0 Å². The van der Waals surface area contributed by atoms with Crippen LogP contribution in [-0.2, 0) is 0 Å². The van der Waals surface area contributed by atoms with Gasteiger partial charge in [-0.15, -0.1) is 0 Å². The Morgan fingerprint density at radius 3 is 2.68 bits per heavy atom. The second-order valence-corrected chi connectivity index (χ2v) is 5.46. The van der Waals surface area contributed by atoms with E-state index >= 15 is 0 Å². The van der Waals surface area contributed by atoms with Crippen LogP contribution in [0.5, 0.6) is 0 Å². The predicted octanol–water partition coefficient (Wildman–Crippen LogP) is 1.67. The molecule has 0 radical (unpaired) electrons. The Bertz CT molecular complexity index is 478. The van der Waals surface area contributed by atoms with Crippen molar-refractivity contribution in [2.24, 2.45) is 0 Å². The highest BCUT2D eigenvalue weighted by Gasteiger charge is 2.25. The monoisotopic (exact) mass is 260 g/mol. The van der Waals surface area contributed by atoms with Gasteiger partial charge in [0.15, 0.2) is 0 Å². The molecule has 0 bridgehead atoms. The zero-order valence-corrected chi connectivity index (χ0v) is 11.4. The summed E-state index contributed by atoms with van der Waals surface area (Å²) >= 11 is 0. The first kappa shape index (κ1) is 12.4. The first-order valence-corrected chi connectivity index (χ1v) is 7.13. The molecule has 1 aliphatic carbocycles. The molecule has 2 aliphatic rings. The number of amides is 1. The van der Waals surface area contributed by atoms with Crippen molar-refractivity contribution in [3.8, 4) is 0 Å². The Balaban J connectivity index is 1.74. The maximum absolute atomic E-state index is 12.0. The van der Waals surface area contributed by atoms with E-state index in [2.05, 4.69) is 20.2 Å². The Hall–Kier alpha value is -1.65. The van der Waals surface area contributed by atoms with Gasteiger partial charge in [0.1, 0.15) is 0 Å². The van der Waals surface area contributed by atoms with E-state index in [1.807, 2.05) is 6.92 Å². The molecule has 2 fully saturated rings. The number of piperidine rings is 1. The van der Waals surface area contributed by atoms with Crippen molar-refractivity contribution >= 4 is 11.9 Å². The van der Waals surface area contributed by atoms with Crippen molar-refractivity contribution in [2.75, 3.05) is 18.0 Å². The number of carbonyl (C=O) groups excluding carboxylic acids is 1. The van der Waals surface area contributed by atoms with Crippen molar-refractivity contribution in [3.63, 3.8) is 0 Å². The normalized spacial score (nSPS) is 19.3. The van der Waals surface area contributed by atoms with E-state index in [9.17, 15) is 4.79 Å². The molecule has 0 spiro atoms. The average Bonchev–Trinajstić information content (AvgIpc) is 3.23. The van der Waals surface area contributed by atoms with Gasteiger partial charge >= 0.3 is 0 Å². The molecule has 1 saturated heterocycles. The van der Waals surface area contributed by atoms with E-state index in [4.69, 9.17) is 0 Å². The number of aromatic nitrogens is 2. The van der Waals surface area contributed by atoms with Crippen LogP contribution in [0.25, 0.3) is 0 Å². The molecule has 0 atom stereocenters. The van der Waals surface area contributed by atoms with Crippen LogP contribution in [0.15, 0.2) is 6.20 Å². The SMILES string of the molecule is Cc1nc(N2CCCCC2)ncc1C(=O)NC1CC1. The summed E-state index contributed by atoms with van der Waals surface area (Å²) in [6, 6.07) is 0.369. The van der Waals surface area contributed by atoms with Gasteiger partial charge in [-0.1, -0.05) is 0 Å². The van der Waals surface area contributed by atoms with Gasteiger partial charge in [0.2, 0.25) is 5.95 Å². The minimum absolute atomic E-state index is 0.0369. The number of nitrogens with one attached hydrogen (secondary N) is 1. The quantitative estimate of drug-likeness (QED) is 0.898. The molecule has 0 aromatic carbocycles. The van der Waals surface area contributed by atoms with Crippen molar-refractivity contribution in [3.05, 3.63) is 17.5 Å². The number of anilines is 1. The molecule has 1 aromatic rings. The van der Waals surface area contributed by atoms with E-state index in [1.165, 1.54) is 19.3 Å². The van der Waals surface area contributed by atoms with Gasteiger partial charge in [0.05, 0.1) is 11.3 Å². The fourth-order valence-electron chi connectivity index (χ4n) is 2.41. The zero-order valence-electron chi connectivity index (χ0n) is 11.4. The maximum atomic E-state index is 12.0. The molecule has 1 N–H and O–H groups in total. The summed E-state index contributed by atoms with van der Waals surface area (Å²) in [4.78, 5) is 23.1. The summed E-state index contributed by atoms with van der Waals surface area (Å²) in [6.45, 7) is 3.93. The Labute approximate surface area is 113 Å². The number of rotatable bonds is 3. The highest BCUT2D eigenvalue weighted by Crippen LogP contribution is 2.20. The van der Waals surface area contributed by atoms with Gasteiger partial charge in [-0.25, -0.2) is 9.97 Å². The average molecular weight is 260 g/mol. The van der Waals surface area contributed by atoms with Gasteiger partial charge in [-0.3, -0.25) is 4.79 Å². The second-order valence-electron chi connectivity index (χ2n) is 5.46. The zero-order chi connectivity index (χ0) is 13.2. The van der Waals surface area contributed by atoms with Crippen LogP contribution in [0.3, 0.4) is 0 Å². The standard InChI is InChI=1S/C14H20N4O/c1-10-12(13(19)17-11-5-6-11)9-15-14(16-10)18-7-3-2-4-8-18/h9,11H,2-8H2,1H3,(H,17,19). The van der Waals surface area contributed by atoms with E-state index in [-0.39, 0.29) is 5.91 Å². The van der Waals surface area contributed by atoms with Crippen LogP contribution < -0.4 is 10.2 Å². The molecule has 5 nitrogen and oxygen atoms in total. The first-order valence-electron chi connectivity index (χ1n) is 7.13. The molecular formula is C14H20N4O. The number of hydrogen-bond donors (Lipinski definition) is 1. The van der Waals surface area contributed by atoms with E-state index in [0.717, 1.165) is 37.6 Å². The molecule has 19 heavy (non-hydrogen) atoms. The predicted molar refractivity (Wildman–Crippen MR) is 73.3 cm³/mol. The molecule has 1 aromatic heterocycles. The molecule has 3 rings (SSSR count). The Kier molecular flexibility index (Phi) is 3.36. The van der Waals surface area contributed by atoms with E-state index in [0.29, 0.717) is 11.6 Å². The van der Waals surface area contributed by atoms with Crippen molar-refractivity contribution in [1.82, 2.24) is 15.3 Å². The Morgan fingerprint density at radius 2 is 2.05 bits per heavy atom. The van der Waals surface area contributed by atoms with Gasteiger partial charge in [-0.2, -0.15) is 0 Å². The van der Waals surface area contributed by atoms with Gasteiger partial charge in [0.25, 0.3) is 5.91 Å².